The van der Waals surface area contributed by atoms with E-state index in [1.807, 2.05) is 54.6 Å². The molecule has 0 aliphatic heterocycles. The molecule has 0 bridgehead atoms. The van der Waals surface area contributed by atoms with Crippen molar-refractivity contribution in [2.45, 2.75) is 16.6 Å². The van der Waals surface area contributed by atoms with Crippen molar-refractivity contribution in [3.63, 3.8) is 0 Å². The molecule has 0 heterocycles. The highest BCUT2D eigenvalue weighted by atomic mass is 35.5. The number of rotatable bonds is 10. The zero-order valence-corrected chi connectivity index (χ0v) is 19.3. The van der Waals surface area contributed by atoms with E-state index in [1.54, 1.807) is 30.3 Å². The van der Waals surface area contributed by atoms with Crippen LogP contribution in [0, 0.1) is 0 Å². The number of nitrogens with one attached hydrogen (secondary N) is 1. The lowest BCUT2D eigenvalue weighted by Gasteiger charge is -2.18. The van der Waals surface area contributed by atoms with Gasteiger partial charge in [0.25, 0.3) is 0 Å². The van der Waals surface area contributed by atoms with E-state index in [0.29, 0.717) is 22.9 Å². The Kier molecular flexibility index (Phi) is 8.58. The summed E-state index contributed by atoms with van der Waals surface area (Å²) in [5, 5.41) is 3.50. The van der Waals surface area contributed by atoms with Gasteiger partial charge >= 0.3 is 0 Å². The molecule has 0 radical (unpaired) electrons. The Balaban J connectivity index is 1.51. The summed E-state index contributed by atoms with van der Waals surface area (Å²) in [5.74, 6) is 0.159. The number of carbonyl (C=O) groups is 1. The lowest BCUT2D eigenvalue weighted by atomic mass is 10.0. The molecule has 0 saturated carbocycles. The monoisotopic (exact) mass is 473 g/mol. The summed E-state index contributed by atoms with van der Waals surface area (Å²) in [6, 6.07) is 26.0. The number of benzene rings is 3. The maximum absolute atomic E-state index is 12.4. The second-order valence-corrected chi connectivity index (χ2v) is 10.6. The van der Waals surface area contributed by atoms with Crippen LogP contribution in [0.5, 0.6) is 0 Å². The van der Waals surface area contributed by atoms with Crippen molar-refractivity contribution in [2.24, 2.45) is 0 Å². The highest BCUT2D eigenvalue weighted by Crippen LogP contribution is 2.35. The highest BCUT2D eigenvalue weighted by molar-refractivity contribution is 8.00. The first-order valence-electron chi connectivity index (χ1n) is 9.92. The molecule has 4 nitrogen and oxygen atoms in total. The van der Waals surface area contributed by atoms with Gasteiger partial charge in [-0.1, -0.05) is 72.3 Å². The average Bonchev–Trinajstić information content (AvgIpc) is 2.79. The fraction of sp³-hybridized carbons (Fsp3) is 0.208. The Morgan fingerprint density at radius 1 is 0.871 bits per heavy atom. The number of hydrogen-bond donors (Lipinski definition) is 1. The van der Waals surface area contributed by atoms with Gasteiger partial charge in [-0.15, -0.1) is 11.8 Å². The predicted octanol–water partition coefficient (Wildman–Crippen LogP) is 5.14. The minimum atomic E-state index is -3.33. The molecular formula is C24H24ClNO3S2. The van der Waals surface area contributed by atoms with Crippen LogP contribution in [0.3, 0.4) is 0 Å². The summed E-state index contributed by atoms with van der Waals surface area (Å²) in [6.07, 6.45) is 0.368. The molecule has 162 valence electrons. The molecule has 1 N–H and O–H groups in total. The maximum Gasteiger partial charge on any atom is 0.230 e. The SMILES string of the molecule is O=C(CSC(c1ccccc1)c1ccc(Cl)cc1)NCCCS(=O)(=O)c1ccccc1. The van der Waals surface area contributed by atoms with Crippen LogP contribution in [0.2, 0.25) is 5.02 Å². The largest absolute Gasteiger partial charge is 0.355 e. The Bertz CT molecular complexity index is 1070. The molecule has 0 saturated heterocycles. The fourth-order valence-electron chi connectivity index (χ4n) is 3.10. The number of hydrogen-bond acceptors (Lipinski definition) is 4. The molecular weight excluding hydrogens is 450 g/mol. The first-order valence-corrected chi connectivity index (χ1v) is 13.0. The summed E-state index contributed by atoms with van der Waals surface area (Å²) in [5.41, 5.74) is 2.18. The lowest BCUT2D eigenvalue weighted by molar-refractivity contribution is -0.118. The Hall–Kier alpha value is -2.28. The van der Waals surface area contributed by atoms with E-state index in [9.17, 15) is 13.2 Å². The average molecular weight is 474 g/mol. The summed E-state index contributed by atoms with van der Waals surface area (Å²) < 4.78 is 24.6. The topological polar surface area (TPSA) is 63.2 Å². The Labute approximate surface area is 192 Å². The maximum atomic E-state index is 12.4. The van der Waals surface area contributed by atoms with Gasteiger partial charge in [0.1, 0.15) is 0 Å². The Morgan fingerprint density at radius 3 is 2.10 bits per heavy atom. The molecule has 7 heteroatoms. The Morgan fingerprint density at radius 2 is 1.45 bits per heavy atom. The number of thioether (sulfide) groups is 1. The highest BCUT2D eigenvalue weighted by Gasteiger charge is 2.17. The van der Waals surface area contributed by atoms with Crippen molar-refractivity contribution < 1.29 is 13.2 Å². The minimum absolute atomic E-state index is 0.00184. The smallest absolute Gasteiger partial charge is 0.230 e. The lowest BCUT2D eigenvalue weighted by Crippen LogP contribution is -2.27. The van der Waals surface area contributed by atoms with Crippen LogP contribution < -0.4 is 5.32 Å². The van der Waals surface area contributed by atoms with Gasteiger partial charge < -0.3 is 5.32 Å². The van der Waals surface area contributed by atoms with Crippen molar-refractivity contribution in [1.82, 2.24) is 5.32 Å². The molecule has 1 unspecified atom stereocenters. The summed E-state index contributed by atoms with van der Waals surface area (Å²) in [7, 11) is -3.33. The summed E-state index contributed by atoms with van der Waals surface area (Å²) >= 11 is 7.55. The molecule has 1 atom stereocenters. The molecule has 3 aromatic carbocycles. The standard InChI is InChI=1S/C24H24ClNO3S2/c25-21-14-12-20(13-15-21)24(19-8-3-1-4-9-19)30-18-23(27)26-16-7-17-31(28,29)22-10-5-2-6-11-22/h1-6,8-15,24H,7,16-18H2,(H,26,27). The molecule has 31 heavy (non-hydrogen) atoms. The van der Waals surface area contributed by atoms with Crippen molar-refractivity contribution in [3.8, 4) is 0 Å². The van der Waals surface area contributed by atoms with E-state index in [0.717, 1.165) is 11.1 Å². The second-order valence-electron chi connectivity index (χ2n) is 6.99. The fourth-order valence-corrected chi connectivity index (χ4v) is 5.67. The number of sulfone groups is 1. The van der Waals surface area contributed by atoms with Gasteiger partial charge in [-0.05, 0) is 41.8 Å². The van der Waals surface area contributed by atoms with Gasteiger partial charge in [-0.25, -0.2) is 8.42 Å². The van der Waals surface area contributed by atoms with Crippen molar-refractivity contribution in [3.05, 3.63) is 101 Å². The first kappa shape index (κ1) is 23.4. The van der Waals surface area contributed by atoms with Crippen LogP contribution in [0.15, 0.2) is 89.8 Å². The molecule has 0 fully saturated rings. The number of amides is 1. The first-order chi connectivity index (χ1) is 15.0. The van der Waals surface area contributed by atoms with Gasteiger partial charge in [0.15, 0.2) is 9.84 Å². The third-order valence-electron chi connectivity index (χ3n) is 4.67. The van der Waals surface area contributed by atoms with Crippen LogP contribution in [-0.2, 0) is 14.6 Å². The van der Waals surface area contributed by atoms with Crippen LogP contribution in [0.4, 0.5) is 0 Å². The predicted molar refractivity (Wildman–Crippen MR) is 128 cm³/mol. The molecule has 3 aromatic rings. The van der Waals surface area contributed by atoms with Gasteiger partial charge in [0.05, 0.1) is 21.7 Å². The van der Waals surface area contributed by atoms with Gasteiger partial charge in [-0.3, -0.25) is 4.79 Å². The van der Waals surface area contributed by atoms with Gasteiger partial charge in [0, 0.05) is 11.6 Å². The van der Waals surface area contributed by atoms with Crippen LogP contribution in [0.25, 0.3) is 0 Å². The van der Waals surface area contributed by atoms with E-state index >= 15 is 0 Å². The van der Waals surface area contributed by atoms with Crippen molar-refractivity contribution in [1.29, 1.82) is 0 Å². The molecule has 0 aromatic heterocycles. The van der Waals surface area contributed by atoms with E-state index < -0.39 is 9.84 Å². The summed E-state index contributed by atoms with van der Waals surface area (Å²) in [6.45, 7) is 0.322. The zero-order chi connectivity index (χ0) is 22.1. The number of halogens is 1. The van der Waals surface area contributed by atoms with Gasteiger partial charge in [0.2, 0.25) is 5.91 Å². The van der Waals surface area contributed by atoms with Gasteiger partial charge in [-0.2, -0.15) is 0 Å². The second kappa shape index (κ2) is 11.4. The molecule has 0 spiro atoms. The van der Waals surface area contributed by atoms with Crippen LogP contribution in [-0.4, -0.2) is 32.4 Å². The van der Waals surface area contributed by atoms with Crippen LogP contribution in [0.1, 0.15) is 22.8 Å². The molecule has 3 rings (SSSR count). The third kappa shape index (κ3) is 7.13. The van der Waals surface area contributed by atoms with E-state index in [2.05, 4.69) is 5.32 Å². The number of carbonyl (C=O) groups excluding carboxylic acids is 1. The normalized spacial score (nSPS) is 12.3. The van der Waals surface area contributed by atoms with E-state index in [1.165, 1.54) is 11.8 Å². The molecule has 1 amide bonds. The third-order valence-corrected chi connectivity index (χ3v) is 8.05. The van der Waals surface area contributed by atoms with E-state index in [-0.39, 0.29) is 22.7 Å². The molecule has 0 aliphatic carbocycles. The van der Waals surface area contributed by atoms with Crippen molar-refractivity contribution in [2.75, 3.05) is 18.1 Å². The van der Waals surface area contributed by atoms with Crippen molar-refractivity contribution >= 4 is 39.1 Å². The molecule has 0 aliphatic rings. The minimum Gasteiger partial charge on any atom is -0.355 e. The summed E-state index contributed by atoms with van der Waals surface area (Å²) in [4.78, 5) is 12.7. The van der Waals surface area contributed by atoms with E-state index in [4.69, 9.17) is 11.6 Å². The van der Waals surface area contributed by atoms with Crippen LogP contribution >= 0.6 is 23.4 Å². The zero-order valence-electron chi connectivity index (χ0n) is 16.9. The quantitative estimate of drug-likeness (QED) is 0.414.